The Labute approximate surface area is 148 Å². The molecule has 25 heavy (non-hydrogen) atoms. The average molecular weight is 353 g/mol. The van der Waals surface area contributed by atoms with Crippen molar-refractivity contribution in [1.82, 2.24) is 20.1 Å². The first-order chi connectivity index (χ1) is 12.2. The summed E-state index contributed by atoms with van der Waals surface area (Å²) in [7, 11) is 0. The highest BCUT2D eigenvalue weighted by atomic mass is 32.1. The van der Waals surface area contributed by atoms with E-state index in [2.05, 4.69) is 20.7 Å². The fourth-order valence-corrected chi connectivity index (χ4v) is 2.54. The minimum absolute atomic E-state index is 0.110. The number of nitrogens with one attached hydrogen (secondary N) is 2. The lowest BCUT2D eigenvalue weighted by molar-refractivity contribution is -0.121. The molecular weight excluding hydrogens is 338 g/mol. The monoisotopic (exact) mass is 353 g/mol. The Morgan fingerprint density at radius 3 is 2.76 bits per heavy atom. The molecule has 1 aromatic carbocycles. The summed E-state index contributed by atoms with van der Waals surface area (Å²) in [5.74, 6) is -0.653. The molecule has 0 aliphatic rings. The van der Waals surface area contributed by atoms with E-state index in [0.29, 0.717) is 11.4 Å². The van der Waals surface area contributed by atoms with Gasteiger partial charge in [0.1, 0.15) is 0 Å². The molecule has 0 bridgehead atoms. The third-order valence-electron chi connectivity index (χ3n) is 3.20. The molecule has 0 unspecified atom stereocenters. The summed E-state index contributed by atoms with van der Waals surface area (Å²) in [5.41, 5.74) is 3.93. The summed E-state index contributed by atoms with van der Waals surface area (Å²) in [6.07, 6.45) is 6.47. The largest absolute Gasteiger partial charge is 0.343 e. The van der Waals surface area contributed by atoms with Crippen molar-refractivity contribution in [2.24, 2.45) is 0 Å². The molecule has 2 heterocycles. The number of thiazole rings is 1. The smallest absolute Gasteiger partial charge is 0.244 e. The van der Waals surface area contributed by atoms with Crippen LogP contribution in [-0.4, -0.2) is 33.1 Å². The molecule has 0 fully saturated rings. The van der Waals surface area contributed by atoms with E-state index in [0.717, 1.165) is 5.69 Å². The highest BCUT2D eigenvalue weighted by Gasteiger charge is 2.04. The van der Waals surface area contributed by atoms with E-state index in [1.165, 1.54) is 17.4 Å². The quantitative estimate of drug-likeness (QED) is 0.664. The lowest BCUT2D eigenvalue weighted by Crippen LogP contribution is -2.31. The maximum absolute atomic E-state index is 11.9. The van der Waals surface area contributed by atoms with Gasteiger partial charge in [-0.3, -0.25) is 9.59 Å². The second-order valence-electron chi connectivity index (χ2n) is 5.01. The van der Waals surface area contributed by atoms with Crippen molar-refractivity contribution in [1.29, 1.82) is 0 Å². The van der Waals surface area contributed by atoms with Gasteiger partial charge in [0, 0.05) is 29.5 Å². The summed E-state index contributed by atoms with van der Waals surface area (Å²) < 4.78 is 1.72. The van der Waals surface area contributed by atoms with Crippen molar-refractivity contribution in [2.45, 2.75) is 0 Å². The molecule has 2 N–H and O–H groups in total. The number of hydrogen-bond donors (Lipinski definition) is 2. The van der Waals surface area contributed by atoms with Gasteiger partial charge in [-0.15, -0.1) is 11.3 Å². The summed E-state index contributed by atoms with van der Waals surface area (Å²) in [4.78, 5) is 27.6. The summed E-state index contributed by atoms with van der Waals surface area (Å²) in [6.45, 7) is -0.110. The number of benzene rings is 1. The Hall–Kier alpha value is -3.26. The van der Waals surface area contributed by atoms with Crippen molar-refractivity contribution < 1.29 is 9.59 Å². The van der Waals surface area contributed by atoms with Crippen molar-refractivity contribution in [3.05, 3.63) is 65.4 Å². The van der Waals surface area contributed by atoms with E-state index in [1.54, 1.807) is 34.6 Å². The van der Waals surface area contributed by atoms with Crippen LogP contribution in [0.5, 0.6) is 0 Å². The van der Waals surface area contributed by atoms with Crippen molar-refractivity contribution in [3.8, 4) is 5.69 Å². The van der Waals surface area contributed by atoms with Crippen LogP contribution in [0.1, 0.15) is 5.69 Å². The fraction of sp³-hybridized carbons (Fsp3) is 0.0588. The molecule has 8 heteroatoms. The third kappa shape index (κ3) is 4.85. The van der Waals surface area contributed by atoms with Gasteiger partial charge in [-0.05, 0) is 36.4 Å². The number of aromatic nitrogens is 3. The number of nitrogens with zero attached hydrogens (tertiary/aromatic N) is 3. The maximum Gasteiger partial charge on any atom is 0.244 e. The molecule has 0 spiro atoms. The highest BCUT2D eigenvalue weighted by molar-refractivity contribution is 7.07. The number of rotatable bonds is 6. The van der Waals surface area contributed by atoms with Gasteiger partial charge in [0.2, 0.25) is 11.8 Å². The molecule has 0 atom stereocenters. The Morgan fingerprint density at radius 2 is 2.08 bits per heavy atom. The topological polar surface area (TPSA) is 88.9 Å². The van der Waals surface area contributed by atoms with E-state index >= 15 is 0 Å². The predicted octanol–water partition coefficient (Wildman–Crippen LogP) is 2.10. The normalized spacial score (nSPS) is 10.7. The molecule has 2 aromatic heterocycles. The molecule has 2 amide bonds. The first-order valence-corrected chi connectivity index (χ1v) is 8.39. The third-order valence-corrected chi connectivity index (χ3v) is 3.80. The van der Waals surface area contributed by atoms with Crippen LogP contribution in [0.4, 0.5) is 5.69 Å². The summed E-state index contributed by atoms with van der Waals surface area (Å²) >= 11 is 1.45. The van der Waals surface area contributed by atoms with Crippen LogP contribution in [0.3, 0.4) is 0 Å². The summed E-state index contributed by atoms with van der Waals surface area (Å²) in [5, 5.41) is 11.2. The van der Waals surface area contributed by atoms with Crippen molar-refractivity contribution in [3.63, 3.8) is 0 Å². The second-order valence-corrected chi connectivity index (χ2v) is 5.73. The summed E-state index contributed by atoms with van der Waals surface area (Å²) in [6, 6.07) is 9.08. The standard InChI is InChI=1S/C17H15N5O2S/c23-16(7-4-14-11-25-12-19-14)18-10-17(24)21-13-2-5-15(6-3-13)22-9-1-8-20-22/h1-9,11-12H,10H2,(H,18,23)(H,21,24)/b7-4+. The first-order valence-electron chi connectivity index (χ1n) is 7.45. The second kappa shape index (κ2) is 8.02. The van der Waals surface area contributed by atoms with Gasteiger partial charge >= 0.3 is 0 Å². The molecule has 0 saturated heterocycles. The van der Waals surface area contributed by atoms with Crippen LogP contribution in [0.2, 0.25) is 0 Å². The molecule has 0 radical (unpaired) electrons. The van der Waals surface area contributed by atoms with Crippen molar-refractivity contribution >= 4 is 34.9 Å². The molecule has 3 rings (SSSR count). The van der Waals surface area contributed by atoms with Crippen LogP contribution >= 0.6 is 11.3 Å². The predicted molar refractivity (Wildman–Crippen MR) is 96.4 cm³/mol. The number of anilines is 1. The van der Waals surface area contributed by atoms with Gasteiger partial charge in [0.05, 0.1) is 23.4 Å². The fourth-order valence-electron chi connectivity index (χ4n) is 2.02. The van der Waals surface area contributed by atoms with Gasteiger partial charge < -0.3 is 10.6 Å². The van der Waals surface area contributed by atoms with E-state index in [-0.39, 0.29) is 18.4 Å². The molecule has 7 nitrogen and oxygen atoms in total. The average Bonchev–Trinajstić information content (AvgIpc) is 3.32. The van der Waals surface area contributed by atoms with E-state index in [9.17, 15) is 9.59 Å². The Morgan fingerprint density at radius 1 is 1.24 bits per heavy atom. The molecule has 0 aliphatic carbocycles. The minimum Gasteiger partial charge on any atom is -0.343 e. The van der Waals surface area contributed by atoms with Crippen LogP contribution < -0.4 is 10.6 Å². The number of amides is 2. The minimum atomic E-state index is -0.350. The highest BCUT2D eigenvalue weighted by Crippen LogP contribution is 2.12. The number of carbonyl (C=O) groups excluding carboxylic acids is 2. The van der Waals surface area contributed by atoms with E-state index in [4.69, 9.17) is 0 Å². The Kier molecular flexibility index (Phi) is 5.32. The van der Waals surface area contributed by atoms with Gasteiger partial charge in [-0.1, -0.05) is 0 Å². The molecule has 126 valence electrons. The first kappa shape index (κ1) is 16.6. The molecule has 0 aliphatic heterocycles. The van der Waals surface area contributed by atoms with Crippen LogP contribution in [-0.2, 0) is 9.59 Å². The van der Waals surface area contributed by atoms with Gasteiger partial charge in [-0.2, -0.15) is 5.10 Å². The van der Waals surface area contributed by atoms with Crippen LogP contribution in [0.25, 0.3) is 11.8 Å². The maximum atomic E-state index is 11.9. The van der Waals surface area contributed by atoms with Gasteiger partial charge in [0.25, 0.3) is 0 Å². The van der Waals surface area contributed by atoms with Crippen LogP contribution in [0, 0.1) is 0 Å². The lowest BCUT2D eigenvalue weighted by atomic mass is 10.3. The zero-order valence-electron chi connectivity index (χ0n) is 13.1. The SMILES string of the molecule is O=C(/C=C/c1cscn1)NCC(=O)Nc1ccc(-n2cccn2)cc1. The van der Waals surface area contributed by atoms with E-state index < -0.39 is 0 Å². The molecule has 3 aromatic rings. The van der Waals surface area contributed by atoms with E-state index in [1.807, 2.05) is 29.8 Å². The molecular formula is C17H15N5O2S. The van der Waals surface area contributed by atoms with Crippen LogP contribution in [0.15, 0.2) is 59.7 Å². The Bertz CT molecular complexity index is 855. The van der Waals surface area contributed by atoms with Gasteiger partial charge in [0.15, 0.2) is 0 Å². The van der Waals surface area contributed by atoms with Gasteiger partial charge in [-0.25, -0.2) is 9.67 Å². The zero-order valence-corrected chi connectivity index (χ0v) is 13.9. The Balaban J connectivity index is 1.46. The number of carbonyl (C=O) groups is 2. The zero-order chi connectivity index (χ0) is 17.5. The van der Waals surface area contributed by atoms with Crippen molar-refractivity contribution in [2.75, 3.05) is 11.9 Å². The number of hydrogen-bond acceptors (Lipinski definition) is 5. The lowest BCUT2D eigenvalue weighted by Gasteiger charge is -2.07. The molecule has 0 saturated carbocycles.